The molecule has 0 bridgehead atoms. The summed E-state index contributed by atoms with van der Waals surface area (Å²) in [7, 11) is 1.34. The quantitative estimate of drug-likeness (QED) is 0.262. The highest BCUT2D eigenvalue weighted by molar-refractivity contribution is 7.16. The van der Waals surface area contributed by atoms with Gasteiger partial charge in [-0.3, -0.25) is 19.0 Å². The van der Waals surface area contributed by atoms with Crippen molar-refractivity contribution < 1.29 is 27.7 Å². The van der Waals surface area contributed by atoms with Crippen LogP contribution in [0.3, 0.4) is 0 Å². The van der Waals surface area contributed by atoms with Crippen LogP contribution < -0.4 is 10.4 Å². The van der Waals surface area contributed by atoms with Gasteiger partial charge >= 0.3 is 0 Å². The highest BCUT2D eigenvalue weighted by Crippen LogP contribution is 2.40. The molecule has 2 aromatic carbocycles. The average molecular weight is 579 g/mol. The van der Waals surface area contributed by atoms with Crippen molar-refractivity contribution in [2.45, 2.75) is 39.2 Å². The lowest BCUT2D eigenvalue weighted by molar-refractivity contribution is -0.120. The minimum atomic E-state index is -1.05. The Kier molecular flexibility index (Phi) is 6.83. The summed E-state index contributed by atoms with van der Waals surface area (Å²) in [5.41, 5.74) is 6.25. The standard InChI is InChI=1S/C28H24F2N6O4S/c1-14-25(15(2)40-33-14)16-7-10-21-20(11-16)32-26(36(21)28-31-13-23(41-28)27(38)34-39-3)22-5-4-6-24(37)35(22)17-8-9-18(29)19(30)12-17/h7-13,22H,4-6H2,1-3H3,(H,34,38)/t22-/m0/s1. The SMILES string of the molecule is CONC(=O)c1cnc(-n2c([C@@H]3CCCC(=O)N3c3ccc(F)c(F)c3)nc3cc(-c4c(C)noc4C)ccc32)s1. The Balaban J connectivity index is 1.55. The molecule has 210 valence electrons. The lowest BCUT2D eigenvalue weighted by Crippen LogP contribution is -2.39. The number of thiazole rings is 1. The van der Waals surface area contributed by atoms with Crippen LogP contribution in [0.2, 0.25) is 0 Å². The molecule has 5 aromatic rings. The smallest absolute Gasteiger partial charge is 0.286 e. The second kappa shape index (κ2) is 10.5. The molecule has 1 atom stereocenters. The summed E-state index contributed by atoms with van der Waals surface area (Å²) in [6, 6.07) is 8.50. The number of nitrogens with zero attached hydrogens (tertiary/aromatic N) is 5. The largest absolute Gasteiger partial charge is 0.361 e. The number of rotatable bonds is 6. The number of anilines is 1. The van der Waals surface area contributed by atoms with Crippen molar-refractivity contribution in [3.8, 4) is 16.3 Å². The second-order valence-corrected chi connectivity index (χ2v) is 10.6. The minimum Gasteiger partial charge on any atom is -0.361 e. The number of benzene rings is 2. The normalized spacial score (nSPS) is 15.6. The summed E-state index contributed by atoms with van der Waals surface area (Å²) in [4.78, 5) is 41.7. The Bertz CT molecular complexity index is 1790. The van der Waals surface area contributed by atoms with Crippen molar-refractivity contribution >= 4 is 39.9 Å². The van der Waals surface area contributed by atoms with Crippen LogP contribution >= 0.6 is 11.3 Å². The first-order chi connectivity index (χ1) is 19.8. The molecule has 6 rings (SSSR count). The van der Waals surface area contributed by atoms with Gasteiger partial charge in [0.2, 0.25) is 5.91 Å². The van der Waals surface area contributed by atoms with Crippen LogP contribution in [-0.4, -0.2) is 38.6 Å². The van der Waals surface area contributed by atoms with E-state index in [1.165, 1.54) is 24.3 Å². The zero-order chi connectivity index (χ0) is 28.8. The maximum Gasteiger partial charge on any atom is 0.286 e. The molecule has 1 aliphatic heterocycles. The van der Waals surface area contributed by atoms with E-state index in [2.05, 4.69) is 15.6 Å². The summed E-state index contributed by atoms with van der Waals surface area (Å²) in [5.74, 6) is -1.61. The first-order valence-corrected chi connectivity index (χ1v) is 13.6. The van der Waals surface area contributed by atoms with Gasteiger partial charge in [0.05, 0.1) is 36.1 Å². The molecule has 0 spiro atoms. The van der Waals surface area contributed by atoms with Crippen LogP contribution in [-0.2, 0) is 9.63 Å². The molecular formula is C28H24F2N6O4S. The summed E-state index contributed by atoms with van der Waals surface area (Å²) in [5, 5.41) is 4.50. The second-order valence-electron chi connectivity index (χ2n) is 9.62. The molecule has 1 aliphatic rings. The monoisotopic (exact) mass is 578 g/mol. The number of nitrogens with one attached hydrogen (secondary N) is 1. The maximum absolute atomic E-state index is 14.3. The Morgan fingerprint density at radius 3 is 2.73 bits per heavy atom. The highest BCUT2D eigenvalue weighted by atomic mass is 32.1. The molecule has 1 fully saturated rings. The molecule has 1 saturated heterocycles. The van der Waals surface area contributed by atoms with Crippen molar-refractivity contribution in [2.24, 2.45) is 0 Å². The van der Waals surface area contributed by atoms with E-state index in [4.69, 9.17) is 14.3 Å². The van der Waals surface area contributed by atoms with Crippen LogP contribution in [0.1, 0.15) is 52.3 Å². The van der Waals surface area contributed by atoms with E-state index in [1.807, 2.05) is 32.0 Å². The number of aryl methyl sites for hydroxylation is 2. The Morgan fingerprint density at radius 2 is 2.00 bits per heavy atom. The fourth-order valence-corrected chi connectivity index (χ4v) is 6.09. The zero-order valence-electron chi connectivity index (χ0n) is 22.3. The summed E-state index contributed by atoms with van der Waals surface area (Å²) < 4.78 is 35.2. The van der Waals surface area contributed by atoms with E-state index >= 15 is 0 Å². The molecule has 2 amide bonds. The zero-order valence-corrected chi connectivity index (χ0v) is 23.1. The fourth-order valence-electron chi connectivity index (χ4n) is 5.26. The first-order valence-electron chi connectivity index (χ1n) is 12.8. The number of fused-ring (bicyclic) bond motifs is 1. The van der Waals surface area contributed by atoms with E-state index in [9.17, 15) is 18.4 Å². The maximum atomic E-state index is 14.3. The number of hydroxylamine groups is 1. The van der Waals surface area contributed by atoms with E-state index in [-0.39, 0.29) is 18.0 Å². The molecular weight excluding hydrogens is 554 g/mol. The molecule has 13 heteroatoms. The molecule has 0 unspecified atom stereocenters. The first kappa shape index (κ1) is 26.7. The number of piperidine rings is 1. The van der Waals surface area contributed by atoms with Crippen molar-refractivity contribution in [2.75, 3.05) is 12.0 Å². The third-order valence-corrected chi connectivity index (χ3v) is 8.02. The third-order valence-electron chi connectivity index (χ3n) is 7.03. The minimum absolute atomic E-state index is 0.230. The lowest BCUT2D eigenvalue weighted by atomic mass is 9.99. The van der Waals surface area contributed by atoms with Gasteiger partial charge in [0.15, 0.2) is 16.8 Å². The van der Waals surface area contributed by atoms with Gasteiger partial charge in [-0.2, -0.15) is 0 Å². The number of imidazole rings is 1. The average Bonchev–Trinajstić information content (AvgIpc) is 3.66. The van der Waals surface area contributed by atoms with Crippen molar-refractivity contribution in [1.29, 1.82) is 0 Å². The van der Waals surface area contributed by atoms with Gasteiger partial charge in [0.1, 0.15) is 16.5 Å². The van der Waals surface area contributed by atoms with Gasteiger partial charge in [0, 0.05) is 23.7 Å². The van der Waals surface area contributed by atoms with Gasteiger partial charge in [-0.15, -0.1) is 0 Å². The van der Waals surface area contributed by atoms with Crippen molar-refractivity contribution in [1.82, 2.24) is 25.2 Å². The number of hydrogen-bond donors (Lipinski definition) is 1. The number of hydrogen-bond acceptors (Lipinski definition) is 8. The molecule has 1 N–H and O–H groups in total. The third kappa shape index (κ3) is 4.66. The van der Waals surface area contributed by atoms with Crippen LogP contribution in [0.5, 0.6) is 0 Å². The van der Waals surface area contributed by atoms with Gasteiger partial charge in [-0.05, 0) is 56.5 Å². The number of carbonyl (C=O) groups is 2. The molecule has 0 aliphatic carbocycles. The van der Waals surface area contributed by atoms with Gasteiger partial charge in [0.25, 0.3) is 5.91 Å². The van der Waals surface area contributed by atoms with Crippen molar-refractivity contribution in [3.05, 3.63) is 76.4 Å². The molecule has 0 saturated carbocycles. The Labute approximate surface area is 236 Å². The summed E-state index contributed by atoms with van der Waals surface area (Å²) in [6.07, 6.45) is 2.79. The topological polar surface area (TPSA) is 115 Å². The van der Waals surface area contributed by atoms with Crippen LogP contribution in [0.15, 0.2) is 47.1 Å². The summed E-state index contributed by atoms with van der Waals surface area (Å²) in [6.45, 7) is 3.69. The lowest BCUT2D eigenvalue weighted by Gasteiger charge is -2.35. The highest BCUT2D eigenvalue weighted by Gasteiger charge is 2.35. The number of amides is 2. The van der Waals surface area contributed by atoms with E-state index in [0.29, 0.717) is 45.5 Å². The van der Waals surface area contributed by atoms with Crippen molar-refractivity contribution in [3.63, 3.8) is 0 Å². The molecule has 0 radical (unpaired) electrons. The van der Waals surface area contributed by atoms with E-state index < -0.39 is 23.6 Å². The molecule has 10 nitrogen and oxygen atoms in total. The molecule has 3 aromatic heterocycles. The van der Waals surface area contributed by atoms with Crippen LogP contribution in [0.25, 0.3) is 27.3 Å². The fraction of sp³-hybridized carbons (Fsp3) is 0.250. The molecule has 4 heterocycles. The van der Waals surface area contributed by atoms with E-state index in [1.54, 1.807) is 4.57 Å². The van der Waals surface area contributed by atoms with E-state index in [0.717, 1.165) is 40.3 Å². The van der Waals surface area contributed by atoms with Gasteiger partial charge < -0.3 is 9.42 Å². The van der Waals surface area contributed by atoms with Crippen LogP contribution in [0, 0.1) is 25.5 Å². The number of aromatic nitrogens is 4. The Morgan fingerprint density at radius 1 is 1.17 bits per heavy atom. The van der Waals surface area contributed by atoms with Gasteiger partial charge in [-0.1, -0.05) is 22.6 Å². The van der Waals surface area contributed by atoms with Gasteiger partial charge in [-0.25, -0.2) is 24.2 Å². The predicted octanol–water partition coefficient (Wildman–Crippen LogP) is 5.58. The predicted molar refractivity (Wildman–Crippen MR) is 147 cm³/mol. The number of carbonyl (C=O) groups excluding carboxylic acids is 2. The van der Waals surface area contributed by atoms with Crippen LogP contribution in [0.4, 0.5) is 14.5 Å². The Hall–Kier alpha value is -4.49. The molecule has 41 heavy (non-hydrogen) atoms. The summed E-state index contributed by atoms with van der Waals surface area (Å²) >= 11 is 1.12. The number of halogens is 2.